The third-order valence-electron chi connectivity index (χ3n) is 4.04. The lowest BCUT2D eigenvalue weighted by Gasteiger charge is -2.23. The molecule has 4 unspecified atom stereocenters. The first-order valence-electron chi connectivity index (χ1n) is 9.09. The molecule has 3 amide bonds. The molecule has 13 heteroatoms. The van der Waals surface area contributed by atoms with Crippen molar-refractivity contribution < 1.29 is 34.2 Å². The molecule has 4 atom stereocenters. The molecule has 0 bridgehead atoms. The summed E-state index contributed by atoms with van der Waals surface area (Å²) in [5, 5.41) is 25.2. The quantitative estimate of drug-likeness (QED) is 0.191. The molecule has 0 aliphatic heterocycles. The first-order valence-corrected chi connectivity index (χ1v) is 9.09. The number of amides is 3. The minimum Gasteiger partial charge on any atom is -0.481 e. The molecule has 166 valence electrons. The fourth-order valence-corrected chi connectivity index (χ4v) is 2.33. The van der Waals surface area contributed by atoms with E-state index in [9.17, 15) is 29.1 Å². The first kappa shape index (κ1) is 24.6. The highest BCUT2D eigenvalue weighted by Gasteiger charge is 2.29. The number of imidazole rings is 1. The smallest absolute Gasteiger partial charge is 0.326 e. The van der Waals surface area contributed by atoms with Gasteiger partial charge in [-0.05, 0) is 20.3 Å². The molecule has 0 aliphatic rings. The van der Waals surface area contributed by atoms with E-state index < -0.39 is 60.2 Å². The highest BCUT2D eigenvalue weighted by molar-refractivity contribution is 5.94. The van der Waals surface area contributed by atoms with Gasteiger partial charge in [-0.25, -0.2) is 9.78 Å². The van der Waals surface area contributed by atoms with Crippen LogP contribution < -0.4 is 21.7 Å². The standard InChI is InChI=1S/C17H26N6O7/c1-8(18)14(26)21-9(2)15(27)22-11(3-4-13(24)25)16(28)23-12(17(29)30)5-10-6-19-7-20-10/h6-9,11-12H,3-5,18H2,1-2H3,(H,19,20)(H,21,26)(H,22,27)(H,23,28)(H,24,25)(H,29,30). The molecule has 0 saturated heterocycles. The molecule has 1 rings (SSSR count). The van der Waals surface area contributed by atoms with Gasteiger partial charge in [-0.2, -0.15) is 0 Å². The van der Waals surface area contributed by atoms with Gasteiger partial charge in [0.25, 0.3) is 0 Å². The summed E-state index contributed by atoms with van der Waals surface area (Å²) in [6.45, 7) is 2.79. The zero-order valence-corrected chi connectivity index (χ0v) is 16.5. The van der Waals surface area contributed by atoms with Gasteiger partial charge in [0, 0.05) is 24.7 Å². The van der Waals surface area contributed by atoms with Gasteiger partial charge in [0.1, 0.15) is 18.1 Å². The predicted molar refractivity (Wildman–Crippen MR) is 102 cm³/mol. The normalized spacial score (nSPS) is 14.6. The molecule has 0 radical (unpaired) electrons. The second-order valence-corrected chi connectivity index (χ2v) is 6.69. The molecular formula is C17H26N6O7. The van der Waals surface area contributed by atoms with Crippen LogP contribution in [-0.4, -0.2) is 74.0 Å². The average Bonchev–Trinajstić information content (AvgIpc) is 3.16. The summed E-state index contributed by atoms with van der Waals surface area (Å²) in [5.74, 6) is -4.74. The fraction of sp³-hybridized carbons (Fsp3) is 0.529. The largest absolute Gasteiger partial charge is 0.481 e. The van der Waals surface area contributed by atoms with Crippen LogP contribution in [0.15, 0.2) is 12.5 Å². The maximum Gasteiger partial charge on any atom is 0.326 e. The van der Waals surface area contributed by atoms with Crippen molar-refractivity contribution in [3.8, 4) is 0 Å². The first-order chi connectivity index (χ1) is 14.0. The number of nitrogens with two attached hydrogens (primary N) is 1. The molecular weight excluding hydrogens is 400 g/mol. The molecule has 0 aliphatic carbocycles. The monoisotopic (exact) mass is 426 g/mol. The molecule has 0 aromatic carbocycles. The lowest BCUT2D eigenvalue weighted by molar-refractivity contribution is -0.143. The van der Waals surface area contributed by atoms with Crippen LogP contribution in [0.25, 0.3) is 0 Å². The summed E-state index contributed by atoms with van der Waals surface area (Å²) in [5.41, 5.74) is 5.88. The summed E-state index contributed by atoms with van der Waals surface area (Å²) in [6, 6.07) is -4.57. The molecule has 0 fully saturated rings. The third kappa shape index (κ3) is 8.26. The van der Waals surface area contributed by atoms with Crippen molar-refractivity contribution in [2.45, 2.75) is 57.3 Å². The minimum absolute atomic E-state index is 0.0957. The summed E-state index contributed by atoms with van der Waals surface area (Å²) >= 11 is 0. The summed E-state index contributed by atoms with van der Waals surface area (Å²) in [7, 11) is 0. The van der Waals surface area contributed by atoms with E-state index in [2.05, 4.69) is 25.9 Å². The van der Waals surface area contributed by atoms with Crippen LogP contribution in [-0.2, 0) is 30.4 Å². The van der Waals surface area contributed by atoms with E-state index in [0.29, 0.717) is 5.69 Å². The van der Waals surface area contributed by atoms with Crippen LogP contribution in [0.2, 0.25) is 0 Å². The van der Waals surface area contributed by atoms with Gasteiger partial charge >= 0.3 is 11.9 Å². The van der Waals surface area contributed by atoms with E-state index in [4.69, 9.17) is 10.8 Å². The Balaban J connectivity index is 2.84. The lowest BCUT2D eigenvalue weighted by Crippen LogP contribution is -2.56. The van der Waals surface area contributed by atoms with Crippen LogP contribution in [0.4, 0.5) is 0 Å². The number of carboxylic acids is 2. The Morgan fingerprint density at radius 1 is 1.03 bits per heavy atom. The maximum absolute atomic E-state index is 12.6. The van der Waals surface area contributed by atoms with Crippen molar-refractivity contribution in [3.05, 3.63) is 18.2 Å². The second-order valence-electron chi connectivity index (χ2n) is 6.69. The number of hydrogen-bond acceptors (Lipinski definition) is 7. The highest BCUT2D eigenvalue weighted by atomic mass is 16.4. The van der Waals surface area contributed by atoms with Crippen molar-refractivity contribution in [1.29, 1.82) is 0 Å². The van der Waals surface area contributed by atoms with Gasteiger partial charge in [-0.3, -0.25) is 19.2 Å². The van der Waals surface area contributed by atoms with Gasteiger partial charge in [0.2, 0.25) is 17.7 Å². The summed E-state index contributed by atoms with van der Waals surface area (Å²) < 4.78 is 0. The Bertz CT molecular complexity index is 765. The highest BCUT2D eigenvalue weighted by Crippen LogP contribution is 2.04. The number of hydrogen-bond donors (Lipinski definition) is 7. The predicted octanol–water partition coefficient (Wildman–Crippen LogP) is -2.28. The maximum atomic E-state index is 12.6. The number of carboxylic acid groups (broad SMARTS) is 2. The van der Waals surface area contributed by atoms with E-state index in [1.165, 1.54) is 26.4 Å². The molecule has 1 aromatic heterocycles. The van der Waals surface area contributed by atoms with Gasteiger partial charge < -0.3 is 36.9 Å². The number of H-pyrrole nitrogens is 1. The number of nitrogens with one attached hydrogen (secondary N) is 4. The Morgan fingerprint density at radius 2 is 1.67 bits per heavy atom. The summed E-state index contributed by atoms with van der Waals surface area (Å²) in [6.07, 6.45) is 1.93. The fourth-order valence-electron chi connectivity index (χ4n) is 2.33. The molecule has 1 heterocycles. The van der Waals surface area contributed by atoms with Crippen molar-refractivity contribution in [1.82, 2.24) is 25.9 Å². The molecule has 30 heavy (non-hydrogen) atoms. The van der Waals surface area contributed by atoms with Crippen LogP contribution in [0.1, 0.15) is 32.4 Å². The van der Waals surface area contributed by atoms with E-state index in [-0.39, 0.29) is 12.8 Å². The molecule has 8 N–H and O–H groups in total. The van der Waals surface area contributed by atoms with Gasteiger partial charge in [-0.15, -0.1) is 0 Å². The molecule has 1 aromatic rings. The van der Waals surface area contributed by atoms with Crippen molar-refractivity contribution in [2.24, 2.45) is 5.73 Å². The van der Waals surface area contributed by atoms with Crippen LogP contribution in [0, 0.1) is 0 Å². The van der Waals surface area contributed by atoms with Gasteiger partial charge in [-0.1, -0.05) is 0 Å². The molecule has 13 nitrogen and oxygen atoms in total. The van der Waals surface area contributed by atoms with Crippen molar-refractivity contribution >= 4 is 29.7 Å². The third-order valence-corrected chi connectivity index (χ3v) is 4.04. The molecule has 0 saturated carbocycles. The van der Waals surface area contributed by atoms with E-state index in [0.717, 1.165) is 0 Å². The Hall–Kier alpha value is -3.48. The zero-order chi connectivity index (χ0) is 22.8. The molecule has 0 spiro atoms. The number of rotatable bonds is 12. The van der Waals surface area contributed by atoms with Gasteiger partial charge in [0.15, 0.2) is 0 Å². The number of nitrogens with zero attached hydrogens (tertiary/aromatic N) is 1. The van der Waals surface area contributed by atoms with Crippen molar-refractivity contribution in [2.75, 3.05) is 0 Å². The minimum atomic E-state index is -1.34. The lowest BCUT2D eigenvalue weighted by atomic mass is 10.1. The van der Waals surface area contributed by atoms with Crippen molar-refractivity contribution in [3.63, 3.8) is 0 Å². The van der Waals surface area contributed by atoms with E-state index >= 15 is 0 Å². The Kier molecular flexibility index (Phi) is 9.42. The van der Waals surface area contributed by atoms with Crippen LogP contribution >= 0.6 is 0 Å². The number of aromatic amines is 1. The van der Waals surface area contributed by atoms with E-state index in [1.54, 1.807) is 0 Å². The number of carbonyl (C=O) groups is 5. The summed E-state index contributed by atoms with van der Waals surface area (Å²) in [4.78, 5) is 65.3. The zero-order valence-electron chi connectivity index (χ0n) is 16.5. The number of aromatic nitrogens is 2. The van der Waals surface area contributed by atoms with Crippen LogP contribution in [0.5, 0.6) is 0 Å². The number of aliphatic carboxylic acids is 2. The van der Waals surface area contributed by atoms with E-state index in [1.807, 2.05) is 0 Å². The average molecular weight is 426 g/mol. The Labute approximate surface area is 171 Å². The topological polar surface area (TPSA) is 217 Å². The van der Waals surface area contributed by atoms with Crippen LogP contribution in [0.3, 0.4) is 0 Å². The van der Waals surface area contributed by atoms with Gasteiger partial charge in [0.05, 0.1) is 12.4 Å². The Morgan fingerprint density at radius 3 is 2.17 bits per heavy atom. The second kappa shape index (κ2) is 11.5. The number of carbonyl (C=O) groups excluding carboxylic acids is 3. The SMILES string of the molecule is CC(N)C(=O)NC(C)C(=O)NC(CCC(=O)O)C(=O)NC(Cc1cnc[nH]1)C(=O)O.